The standard InChI is InChI=1S/C10H19N3O/c1-8(2)5-13-6-9(4-12-13)10(3,11)7-14/h4,6,8,14H,5,7,11H2,1-3H3. The van der Waals surface area contributed by atoms with Crippen LogP contribution in [0.15, 0.2) is 12.4 Å². The predicted molar refractivity (Wildman–Crippen MR) is 55.7 cm³/mol. The molecule has 0 bridgehead atoms. The van der Waals surface area contributed by atoms with Crippen molar-refractivity contribution in [2.45, 2.75) is 32.9 Å². The SMILES string of the molecule is CC(C)Cn1cc(C(C)(N)CO)cn1. The molecular weight excluding hydrogens is 178 g/mol. The highest BCUT2D eigenvalue weighted by atomic mass is 16.3. The summed E-state index contributed by atoms with van der Waals surface area (Å²) in [4.78, 5) is 0. The van der Waals surface area contributed by atoms with Crippen LogP contribution in [0.1, 0.15) is 26.3 Å². The monoisotopic (exact) mass is 197 g/mol. The lowest BCUT2D eigenvalue weighted by molar-refractivity contribution is 0.210. The van der Waals surface area contributed by atoms with Gasteiger partial charge in [0.05, 0.1) is 18.3 Å². The first-order valence-corrected chi connectivity index (χ1v) is 4.88. The van der Waals surface area contributed by atoms with Crippen LogP contribution in [-0.2, 0) is 12.1 Å². The van der Waals surface area contributed by atoms with Gasteiger partial charge in [0.2, 0.25) is 0 Å². The fourth-order valence-corrected chi connectivity index (χ4v) is 1.22. The van der Waals surface area contributed by atoms with E-state index in [9.17, 15) is 0 Å². The number of hydrogen-bond acceptors (Lipinski definition) is 3. The molecule has 0 spiro atoms. The van der Waals surface area contributed by atoms with Gasteiger partial charge in [-0.25, -0.2) is 0 Å². The molecule has 1 heterocycles. The minimum atomic E-state index is -0.685. The Hall–Kier alpha value is -0.870. The number of aliphatic hydroxyl groups excluding tert-OH is 1. The normalized spacial score (nSPS) is 15.9. The van der Waals surface area contributed by atoms with Crippen LogP contribution in [0.5, 0.6) is 0 Å². The van der Waals surface area contributed by atoms with Crippen molar-refractivity contribution in [2.24, 2.45) is 11.7 Å². The molecule has 0 radical (unpaired) electrons. The van der Waals surface area contributed by atoms with Gasteiger partial charge in [0.15, 0.2) is 0 Å². The summed E-state index contributed by atoms with van der Waals surface area (Å²) >= 11 is 0. The van der Waals surface area contributed by atoms with E-state index in [0.717, 1.165) is 12.1 Å². The average molecular weight is 197 g/mol. The van der Waals surface area contributed by atoms with Crippen molar-refractivity contribution in [3.63, 3.8) is 0 Å². The molecule has 0 saturated heterocycles. The van der Waals surface area contributed by atoms with Crippen LogP contribution >= 0.6 is 0 Å². The Morgan fingerprint density at radius 1 is 1.64 bits per heavy atom. The Balaban J connectivity index is 2.77. The predicted octanol–water partition coefficient (Wildman–Crippen LogP) is 0.705. The molecule has 0 aliphatic heterocycles. The van der Waals surface area contributed by atoms with Gasteiger partial charge in [-0.15, -0.1) is 0 Å². The van der Waals surface area contributed by atoms with E-state index < -0.39 is 5.54 Å². The molecule has 80 valence electrons. The maximum absolute atomic E-state index is 9.08. The highest BCUT2D eigenvalue weighted by molar-refractivity contribution is 5.16. The molecule has 0 saturated carbocycles. The zero-order valence-electron chi connectivity index (χ0n) is 9.07. The third-order valence-electron chi connectivity index (χ3n) is 2.17. The van der Waals surface area contributed by atoms with Crippen LogP contribution < -0.4 is 5.73 Å². The summed E-state index contributed by atoms with van der Waals surface area (Å²) in [5.74, 6) is 0.556. The van der Waals surface area contributed by atoms with Crippen LogP contribution in [0, 0.1) is 5.92 Å². The summed E-state index contributed by atoms with van der Waals surface area (Å²) in [6, 6.07) is 0. The lowest BCUT2D eigenvalue weighted by atomic mass is 9.98. The third kappa shape index (κ3) is 2.56. The van der Waals surface area contributed by atoms with Gasteiger partial charge in [-0.3, -0.25) is 4.68 Å². The Labute approximate surface area is 84.7 Å². The molecular formula is C10H19N3O. The topological polar surface area (TPSA) is 64.1 Å². The first-order chi connectivity index (χ1) is 6.45. The Kier molecular flexibility index (Phi) is 3.29. The van der Waals surface area contributed by atoms with Crippen molar-refractivity contribution < 1.29 is 5.11 Å². The smallest absolute Gasteiger partial charge is 0.0651 e. The number of nitrogens with zero attached hydrogens (tertiary/aromatic N) is 2. The molecule has 0 fully saturated rings. The zero-order valence-corrected chi connectivity index (χ0v) is 9.07. The third-order valence-corrected chi connectivity index (χ3v) is 2.17. The van der Waals surface area contributed by atoms with Crippen LogP contribution in [0.25, 0.3) is 0 Å². The lowest BCUT2D eigenvalue weighted by Gasteiger charge is -2.19. The van der Waals surface area contributed by atoms with Gasteiger partial charge >= 0.3 is 0 Å². The fourth-order valence-electron chi connectivity index (χ4n) is 1.22. The minimum Gasteiger partial charge on any atom is -0.394 e. The van der Waals surface area contributed by atoms with E-state index in [1.165, 1.54) is 0 Å². The van der Waals surface area contributed by atoms with Gasteiger partial charge in [0.1, 0.15) is 0 Å². The van der Waals surface area contributed by atoms with E-state index in [1.54, 1.807) is 13.1 Å². The molecule has 4 nitrogen and oxygen atoms in total. The molecule has 3 N–H and O–H groups in total. The van der Waals surface area contributed by atoms with E-state index in [2.05, 4.69) is 18.9 Å². The van der Waals surface area contributed by atoms with Crippen molar-refractivity contribution in [3.8, 4) is 0 Å². The first-order valence-electron chi connectivity index (χ1n) is 4.88. The van der Waals surface area contributed by atoms with Crippen molar-refractivity contribution in [2.75, 3.05) is 6.61 Å². The second-order valence-corrected chi connectivity index (χ2v) is 4.42. The van der Waals surface area contributed by atoms with Gasteiger partial charge in [0.25, 0.3) is 0 Å². The number of hydrogen-bond donors (Lipinski definition) is 2. The quantitative estimate of drug-likeness (QED) is 0.747. The molecule has 0 aliphatic rings. The van der Waals surface area contributed by atoms with Crippen LogP contribution in [0.4, 0.5) is 0 Å². The molecule has 4 heteroatoms. The average Bonchev–Trinajstić information content (AvgIpc) is 2.52. The van der Waals surface area contributed by atoms with Crippen molar-refractivity contribution >= 4 is 0 Å². The highest BCUT2D eigenvalue weighted by Gasteiger charge is 2.21. The highest BCUT2D eigenvalue weighted by Crippen LogP contribution is 2.16. The molecule has 0 aromatic carbocycles. The van der Waals surface area contributed by atoms with E-state index in [-0.39, 0.29) is 6.61 Å². The fraction of sp³-hybridized carbons (Fsp3) is 0.700. The second-order valence-electron chi connectivity index (χ2n) is 4.42. The summed E-state index contributed by atoms with van der Waals surface area (Å²) in [5, 5.41) is 13.3. The van der Waals surface area contributed by atoms with Crippen molar-refractivity contribution in [1.82, 2.24) is 9.78 Å². The number of aromatic nitrogens is 2. The van der Waals surface area contributed by atoms with Crippen molar-refractivity contribution in [3.05, 3.63) is 18.0 Å². The molecule has 1 rings (SSSR count). The molecule has 1 unspecified atom stereocenters. The van der Waals surface area contributed by atoms with Gasteiger partial charge in [0, 0.05) is 18.3 Å². The van der Waals surface area contributed by atoms with Crippen molar-refractivity contribution in [1.29, 1.82) is 0 Å². The number of nitrogens with two attached hydrogens (primary N) is 1. The maximum Gasteiger partial charge on any atom is 0.0651 e. The van der Waals surface area contributed by atoms with E-state index in [4.69, 9.17) is 10.8 Å². The van der Waals surface area contributed by atoms with Gasteiger partial charge in [-0.1, -0.05) is 13.8 Å². The molecule has 1 aromatic heterocycles. The summed E-state index contributed by atoms with van der Waals surface area (Å²) in [6.45, 7) is 6.87. The van der Waals surface area contributed by atoms with Crippen LogP contribution in [0.3, 0.4) is 0 Å². The molecule has 1 aromatic rings. The molecule has 1 atom stereocenters. The molecule has 0 amide bonds. The number of aliphatic hydroxyl groups is 1. The molecule has 14 heavy (non-hydrogen) atoms. The first kappa shape index (κ1) is 11.2. The minimum absolute atomic E-state index is 0.0691. The van der Waals surface area contributed by atoms with Gasteiger partial charge in [-0.2, -0.15) is 5.10 Å². The van der Waals surface area contributed by atoms with Gasteiger partial charge in [-0.05, 0) is 12.8 Å². The van der Waals surface area contributed by atoms with Crippen LogP contribution in [0.2, 0.25) is 0 Å². The summed E-state index contributed by atoms with van der Waals surface area (Å²) in [6.07, 6.45) is 3.62. The van der Waals surface area contributed by atoms with E-state index >= 15 is 0 Å². The second kappa shape index (κ2) is 4.11. The molecule has 0 aliphatic carbocycles. The zero-order chi connectivity index (χ0) is 10.8. The number of rotatable bonds is 4. The van der Waals surface area contributed by atoms with E-state index in [1.807, 2.05) is 10.9 Å². The Morgan fingerprint density at radius 3 is 2.79 bits per heavy atom. The Morgan fingerprint density at radius 2 is 2.29 bits per heavy atom. The van der Waals surface area contributed by atoms with E-state index in [0.29, 0.717) is 5.92 Å². The lowest BCUT2D eigenvalue weighted by Crippen LogP contribution is -2.36. The maximum atomic E-state index is 9.08. The van der Waals surface area contributed by atoms with Crippen LogP contribution in [-0.4, -0.2) is 21.5 Å². The Bertz CT molecular complexity index is 291. The van der Waals surface area contributed by atoms with Gasteiger partial charge < -0.3 is 10.8 Å². The summed E-state index contributed by atoms with van der Waals surface area (Å²) in [7, 11) is 0. The summed E-state index contributed by atoms with van der Waals surface area (Å²) < 4.78 is 1.86. The largest absolute Gasteiger partial charge is 0.394 e. The summed E-state index contributed by atoms with van der Waals surface area (Å²) in [5.41, 5.74) is 6.07.